The molecule has 5 heterocycles. The highest BCUT2D eigenvalue weighted by Gasteiger charge is 2.23. The Hall–Kier alpha value is -2.81. The van der Waals surface area contributed by atoms with E-state index in [4.69, 9.17) is 26.1 Å². The molecule has 4 aromatic rings. The molecule has 180 valence electrons. The summed E-state index contributed by atoms with van der Waals surface area (Å²) in [6, 6.07) is 5.85. The molecule has 0 saturated carbocycles. The molecule has 0 bridgehead atoms. The van der Waals surface area contributed by atoms with Crippen LogP contribution in [0.3, 0.4) is 0 Å². The first-order valence-electron chi connectivity index (χ1n) is 11.7. The van der Waals surface area contributed by atoms with Gasteiger partial charge in [0.05, 0.1) is 41.5 Å². The second-order valence-electron chi connectivity index (χ2n) is 8.86. The van der Waals surface area contributed by atoms with E-state index in [1.54, 1.807) is 26.5 Å². The molecule has 0 atom stereocenters. The minimum Gasteiger partial charge on any atom is -0.491 e. The summed E-state index contributed by atoms with van der Waals surface area (Å²) < 4.78 is 13.7. The van der Waals surface area contributed by atoms with E-state index in [0.717, 1.165) is 72.5 Å². The molecule has 5 rings (SSSR count). The maximum atomic E-state index is 6.44. The third-order valence-electron chi connectivity index (χ3n) is 6.65. The zero-order valence-corrected chi connectivity index (χ0v) is 20.7. The van der Waals surface area contributed by atoms with E-state index >= 15 is 0 Å². The number of aryl methyl sites for hydroxylation is 1. The van der Waals surface area contributed by atoms with Gasteiger partial charge in [-0.15, -0.1) is 0 Å². The average molecular weight is 483 g/mol. The molecule has 0 spiro atoms. The number of H-pyrrole nitrogens is 1. The standard InChI is InChI=1S/C25H31ClN6O2/c1-30-9-4-10-31(15-14-30)11-5-12-32-13-7-19-22(32)21(23(33-2)25(29-19)34-3)20-16-17-18(26)6-8-27-24(17)28-20/h6-8,13,16H,4-5,9-12,14-15H2,1-3H3,(H,27,28). The molecular weight excluding hydrogens is 452 g/mol. The van der Waals surface area contributed by atoms with Gasteiger partial charge in [-0.05, 0) is 57.7 Å². The fourth-order valence-corrected chi connectivity index (χ4v) is 5.08. The Bertz CT molecular complexity index is 1300. The van der Waals surface area contributed by atoms with Gasteiger partial charge in [-0.25, -0.2) is 9.97 Å². The van der Waals surface area contributed by atoms with Crippen LogP contribution < -0.4 is 9.47 Å². The van der Waals surface area contributed by atoms with Crippen molar-refractivity contribution in [3.05, 3.63) is 35.6 Å². The van der Waals surface area contributed by atoms with Crippen molar-refractivity contribution in [2.24, 2.45) is 0 Å². The SMILES string of the molecule is COc1nc2ccn(CCCN3CCCN(C)CC3)c2c(-c2cc3c(Cl)ccnc3[nH]2)c1OC. The van der Waals surface area contributed by atoms with Gasteiger partial charge >= 0.3 is 0 Å². The summed E-state index contributed by atoms with van der Waals surface area (Å²) in [5.74, 6) is 1.04. The van der Waals surface area contributed by atoms with Gasteiger partial charge in [-0.3, -0.25) is 0 Å². The second kappa shape index (κ2) is 9.82. The fourth-order valence-electron chi connectivity index (χ4n) is 4.88. The highest BCUT2D eigenvalue weighted by Crippen LogP contribution is 2.43. The number of aromatic nitrogens is 4. The Kier molecular flexibility index (Phi) is 6.63. The van der Waals surface area contributed by atoms with Crippen LogP contribution in [0, 0.1) is 0 Å². The number of hydrogen-bond acceptors (Lipinski definition) is 6. The predicted molar refractivity (Wildman–Crippen MR) is 136 cm³/mol. The number of pyridine rings is 2. The predicted octanol–water partition coefficient (Wildman–Crippen LogP) is 4.28. The number of likely N-dealkylation sites (N-methyl/N-ethyl adjacent to an activating group) is 1. The van der Waals surface area contributed by atoms with Crippen LogP contribution in [0.5, 0.6) is 11.6 Å². The van der Waals surface area contributed by atoms with Crippen LogP contribution in [0.15, 0.2) is 30.6 Å². The van der Waals surface area contributed by atoms with Crippen molar-refractivity contribution in [1.29, 1.82) is 0 Å². The summed E-state index contributed by atoms with van der Waals surface area (Å²) in [5.41, 5.74) is 4.38. The molecule has 0 radical (unpaired) electrons. The fraction of sp³-hybridized carbons (Fsp3) is 0.440. The van der Waals surface area contributed by atoms with Crippen molar-refractivity contribution in [3.8, 4) is 22.9 Å². The molecule has 1 saturated heterocycles. The molecule has 0 amide bonds. The average Bonchev–Trinajstić information content (AvgIpc) is 3.39. The molecule has 0 aromatic carbocycles. The zero-order chi connectivity index (χ0) is 23.7. The molecule has 9 heteroatoms. The molecule has 8 nitrogen and oxygen atoms in total. The van der Waals surface area contributed by atoms with Gasteiger partial charge in [0, 0.05) is 37.4 Å². The van der Waals surface area contributed by atoms with E-state index in [0.29, 0.717) is 16.7 Å². The lowest BCUT2D eigenvalue weighted by Crippen LogP contribution is -2.30. The maximum Gasteiger partial charge on any atom is 0.258 e. The van der Waals surface area contributed by atoms with Gasteiger partial charge in [0.2, 0.25) is 0 Å². The Labute approximate surface area is 204 Å². The lowest BCUT2D eigenvalue weighted by Gasteiger charge is -2.20. The number of halogens is 1. The normalized spacial score (nSPS) is 15.8. The van der Waals surface area contributed by atoms with Crippen molar-refractivity contribution in [1.82, 2.24) is 29.3 Å². The largest absolute Gasteiger partial charge is 0.491 e. The Morgan fingerprint density at radius 3 is 2.76 bits per heavy atom. The first-order valence-corrected chi connectivity index (χ1v) is 12.1. The number of nitrogens with one attached hydrogen (secondary N) is 1. The van der Waals surface area contributed by atoms with Crippen LogP contribution in [0.2, 0.25) is 5.02 Å². The van der Waals surface area contributed by atoms with Crippen LogP contribution >= 0.6 is 11.6 Å². The molecule has 4 aromatic heterocycles. The Balaban J connectivity index is 1.52. The lowest BCUT2D eigenvalue weighted by atomic mass is 10.1. The number of nitrogens with zero attached hydrogens (tertiary/aromatic N) is 5. The molecular formula is C25H31ClN6O2. The third-order valence-corrected chi connectivity index (χ3v) is 6.98. The first-order chi connectivity index (χ1) is 16.6. The molecule has 0 unspecified atom stereocenters. The molecule has 1 aliphatic heterocycles. The minimum absolute atomic E-state index is 0.453. The number of ether oxygens (including phenoxy) is 2. The van der Waals surface area contributed by atoms with Crippen LogP contribution in [-0.4, -0.2) is 83.3 Å². The Morgan fingerprint density at radius 1 is 1.09 bits per heavy atom. The van der Waals surface area contributed by atoms with E-state index < -0.39 is 0 Å². The first kappa shape index (κ1) is 23.0. The smallest absolute Gasteiger partial charge is 0.258 e. The van der Waals surface area contributed by atoms with Gasteiger partial charge in [-0.1, -0.05) is 11.6 Å². The summed E-state index contributed by atoms with van der Waals surface area (Å²) >= 11 is 6.44. The number of rotatable bonds is 7. The monoisotopic (exact) mass is 482 g/mol. The van der Waals surface area contributed by atoms with Crippen molar-refractivity contribution < 1.29 is 9.47 Å². The van der Waals surface area contributed by atoms with Crippen molar-refractivity contribution in [2.75, 3.05) is 54.0 Å². The summed E-state index contributed by atoms with van der Waals surface area (Å²) in [4.78, 5) is 17.6. The molecule has 34 heavy (non-hydrogen) atoms. The van der Waals surface area contributed by atoms with Crippen LogP contribution in [0.25, 0.3) is 33.3 Å². The molecule has 1 N–H and O–H groups in total. The number of hydrogen-bond donors (Lipinski definition) is 1. The minimum atomic E-state index is 0.453. The van der Waals surface area contributed by atoms with Crippen LogP contribution in [-0.2, 0) is 6.54 Å². The highest BCUT2D eigenvalue weighted by molar-refractivity contribution is 6.35. The van der Waals surface area contributed by atoms with Gasteiger partial charge in [0.15, 0.2) is 5.75 Å². The Morgan fingerprint density at radius 2 is 1.97 bits per heavy atom. The van der Waals surface area contributed by atoms with E-state index in [-0.39, 0.29) is 0 Å². The number of fused-ring (bicyclic) bond motifs is 2. The molecule has 0 aliphatic carbocycles. The lowest BCUT2D eigenvalue weighted by molar-refractivity contribution is 0.269. The molecule has 1 fully saturated rings. The number of aromatic amines is 1. The van der Waals surface area contributed by atoms with E-state index in [9.17, 15) is 0 Å². The molecule has 1 aliphatic rings. The summed E-state index contributed by atoms with van der Waals surface area (Å²) in [6.07, 6.45) is 6.09. The second-order valence-corrected chi connectivity index (χ2v) is 9.27. The van der Waals surface area contributed by atoms with E-state index in [1.165, 1.54) is 13.0 Å². The third kappa shape index (κ3) is 4.33. The van der Waals surface area contributed by atoms with Gasteiger partial charge in [0.25, 0.3) is 5.88 Å². The van der Waals surface area contributed by atoms with Crippen LogP contribution in [0.4, 0.5) is 0 Å². The summed E-state index contributed by atoms with van der Waals surface area (Å²) in [7, 11) is 5.46. The van der Waals surface area contributed by atoms with Crippen molar-refractivity contribution in [3.63, 3.8) is 0 Å². The van der Waals surface area contributed by atoms with E-state index in [1.807, 2.05) is 12.1 Å². The van der Waals surface area contributed by atoms with E-state index in [2.05, 4.69) is 37.6 Å². The van der Waals surface area contributed by atoms with Gasteiger partial charge < -0.3 is 28.8 Å². The summed E-state index contributed by atoms with van der Waals surface area (Å²) in [5, 5.41) is 1.52. The quantitative estimate of drug-likeness (QED) is 0.424. The van der Waals surface area contributed by atoms with Gasteiger partial charge in [0.1, 0.15) is 5.65 Å². The maximum absolute atomic E-state index is 6.44. The zero-order valence-electron chi connectivity index (χ0n) is 20.0. The van der Waals surface area contributed by atoms with Crippen LogP contribution in [0.1, 0.15) is 12.8 Å². The van der Waals surface area contributed by atoms with Crippen molar-refractivity contribution in [2.45, 2.75) is 19.4 Å². The summed E-state index contributed by atoms with van der Waals surface area (Å²) in [6.45, 7) is 6.57. The highest BCUT2D eigenvalue weighted by atomic mass is 35.5. The van der Waals surface area contributed by atoms with Crippen molar-refractivity contribution >= 4 is 33.7 Å². The topological polar surface area (TPSA) is 71.4 Å². The number of methoxy groups -OCH3 is 2. The van der Waals surface area contributed by atoms with Gasteiger partial charge in [-0.2, -0.15) is 0 Å².